The minimum atomic E-state index is -0.156. The van der Waals surface area contributed by atoms with E-state index >= 15 is 0 Å². The first-order valence-electron chi connectivity index (χ1n) is 4.02. The molecule has 0 radical (unpaired) electrons. The van der Waals surface area contributed by atoms with Crippen molar-refractivity contribution in [2.24, 2.45) is 0 Å². The van der Waals surface area contributed by atoms with Crippen LogP contribution in [0.1, 0.15) is 12.6 Å². The number of amides is 1. The van der Waals surface area contributed by atoms with E-state index in [1.807, 2.05) is 18.2 Å². The minimum Gasteiger partial charge on any atom is -0.349 e. The standard InChI is InChI=1S/C9H11BrN2O/c1-7(10)9(13)12-6-8-4-2-3-5-11-8/h2-5,7H,6H2,1H3,(H,12,13). The van der Waals surface area contributed by atoms with Crippen molar-refractivity contribution < 1.29 is 4.79 Å². The summed E-state index contributed by atoms with van der Waals surface area (Å²) in [5, 5.41) is 2.75. The molecule has 1 aromatic heterocycles. The fraction of sp³-hybridized carbons (Fsp3) is 0.333. The fourth-order valence-electron chi connectivity index (χ4n) is 0.821. The van der Waals surface area contributed by atoms with Gasteiger partial charge in [-0.25, -0.2) is 0 Å². The van der Waals surface area contributed by atoms with Crippen molar-refractivity contribution in [3.63, 3.8) is 0 Å². The Morgan fingerprint density at radius 3 is 3.00 bits per heavy atom. The highest BCUT2D eigenvalue weighted by molar-refractivity contribution is 9.10. The maximum Gasteiger partial charge on any atom is 0.233 e. The molecule has 0 bridgehead atoms. The van der Waals surface area contributed by atoms with Gasteiger partial charge in [-0.3, -0.25) is 9.78 Å². The third-order valence-electron chi connectivity index (χ3n) is 1.53. The normalized spacial score (nSPS) is 12.2. The summed E-state index contributed by atoms with van der Waals surface area (Å²) in [5.74, 6) is -0.0225. The molecule has 1 heterocycles. The van der Waals surface area contributed by atoms with E-state index in [4.69, 9.17) is 0 Å². The zero-order valence-electron chi connectivity index (χ0n) is 7.33. The summed E-state index contributed by atoms with van der Waals surface area (Å²) in [6.07, 6.45) is 1.71. The monoisotopic (exact) mass is 242 g/mol. The minimum absolute atomic E-state index is 0.0225. The van der Waals surface area contributed by atoms with Crippen molar-refractivity contribution in [3.05, 3.63) is 30.1 Å². The number of nitrogens with zero attached hydrogens (tertiary/aromatic N) is 1. The lowest BCUT2D eigenvalue weighted by Gasteiger charge is -2.05. The number of carbonyl (C=O) groups is 1. The van der Waals surface area contributed by atoms with Gasteiger partial charge in [0.2, 0.25) is 5.91 Å². The summed E-state index contributed by atoms with van der Waals surface area (Å²) in [4.78, 5) is 15.1. The number of halogens is 1. The molecular weight excluding hydrogens is 232 g/mol. The van der Waals surface area contributed by atoms with E-state index in [2.05, 4.69) is 26.2 Å². The van der Waals surface area contributed by atoms with Crippen molar-refractivity contribution in [2.75, 3.05) is 0 Å². The summed E-state index contributed by atoms with van der Waals surface area (Å²) < 4.78 is 0. The SMILES string of the molecule is CC(Br)C(=O)NCc1ccccn1. The molecule has 1 unspecified atom stereocenters. The molecule has 1 rings (SSSR count). The predicted octanol–water partition coefficient (Wildman–Crippen LogP) is 1.48. The van der Waals surface area contributed by atoms with E-state index in [-0.39, 0.29) is 10.7 Å². The van der Waals surface area contributed by atoms with Crippen molar-refractivity contribution in [3.8, 4) is 0 Å². The van der Waals surface area contributed by atoms with Gasteiger partial charge in [0.25, 0.3) is 0 Å². The van der Waals surface area contributed by atoms with Crippen LogP contribution in [0.3, 0.4) is 0 Å². The largest absolute Gasteiger partial charge is 0.349 e. The number of hydrogen-bond donors (Lipinski definition) is 1. The Labute approximate surface area is 85.7 Å². The van der Waals surface area contributed by atoms with Gasteiger partial charge in [0.1, 0.15) is 0 Å². The molecule has 1 aromatic rings. The van der Waals surface area contributed by atoms with Crippen molar-refractivity contribution in [1.29, 1.82) is 0 Å². The van der Waals surface area contributed by atoms with E-state index in [0.717, 1.165) is 5.69 Å². The van der Waals surface area contributed by atoms with E-state index < -0.39 is 0 Å². The van der Waals surface area contributed by atoms with Crippen LogP contribution in [-0.2, 0) is 11.3 Å². The summed E-state index contributed by atoms with van der Waals surface area (Å²) in [6.45, 7) is 2.27. The predicted molar refractivity (Wildman–Crippen MR) is 54.5 cm³/mol. The second-order valence-corrected chi connectivity index (χ2v) is 4.03. The second kappa shape index (κ2) is 4.97. The lowest BCUT2D eigenvalue weighted by atomic mass is 10.3. The molecule has 0 saturated carbocycles. The van der Waals surface area contributed by atoms with Crippen LogP contribution in [0.15, 0.2) is 24.4 Å². The maximum absolute atomic E-state index is 11.1. The average molecular weight is 243 g/mol. The molecular formula is C9H11BrN2O. The molecule has 0 spiro atoms. The number of nitrogens with one attached hydrogen (secondary N) is 1. The molecule has 13 heavy (non-hydrogen) atoms. The number of alkyl halides is 1. The lowest BCUT2D eigenvalue weighted by Crippen LogP contribution is -2.29. The Bertz CT molecular complexity index is 274. The molecule has 3 nitrogen and oxygen atoms in total. The smallest absolute Gasteiger partial charge is 0.233 e. The van der Waals surface area contributed by atoms with Gasteiger partial charge in [0.05, 0.1) is 17.1 Å². The first-order chi connectivity index (χ1) is 6.20. The van der Waals surface area contributed by atoms with Crippen LogP contribution in [0.2, 0.25) is 0 Å². The fourth-order valence-corrected chi connectivity index (χ4v) is 0.983. The first-order valence-corrected chi connectivity index (χ1v) is 4.93. The molecule has 0 aliphatic rings. The summed E-state index contributed by atoms with van der Waals surface area (Å²) in [6, 6.07) is 5.61. The molecule has 0 aliphatic heterocycles. The summed E-state index contributed by atoms with van der Waals surface area (Å²) in [7, 11) is 0. The average Bonchev–Trinajstić information content (AvgIpc) is 2.15. The quantitative estimate of drug-likeness (QED) is 0.817. The zero-order valence-corrected chi connectivity index (χ0v) is 8.91. The Hall–Kier alpha value is -0.900. The van der Waals surface area contributed by atoms with Gasteiger partial charge in [0, 0.05) is 6.20 Å². The van der Waals surface area contributed by atoms with Crippen LogP contribution in [0, 0.1) is 0 Å². The number of hydrogen-bond acceptors (Lipinski definition) is 2. The van der Waals surface area contributed by atoms with Gasteiger partial charge in [-0.05, 0) is 19.1 Å². The molecule has 1 atom stereocenters. The van der Waals surface area contributed by atoms with Crippen LogP contribution < -0.4 is 5.32 Å². The van der Waals surface area contributed by atoms with Crippen LogP contribution in [0.5, 0.6) is 0 Å². The molecule has 0 aromatic carbocycles. The maximum atomic E-state index is 11.1. The van der Waals surface area contributed by atoms with E-state index in [1.165, 1.54) is 0 Å². The third kappa shape index (κ3) is 3.55. The second-order valence-electron chi connectivity index (χ2n) is 2.65. The van der Waals surface area contributed by atoms with Gasteiger partial charge >= 0.3 is 0 Å². The molecule has 0 fully saturated rings. The first kappa shape index (κ1) is 10.2. The molecule has 0 saturated heterocycles. The van der Waals surface area contributed by atoms with E-state index in [0.29, 0.717) is 6.54 Å². The lowest BCUT2D eigenvalue weighted by molar-refractivity contribution is -0.120. The van der Waals surface area contributed by atoms with Crippen LogP contribution in [0.4, 0.5) is 0 Å². The Morgan fingerprint density at radius 2 is 2.46 bits per heavy atom. The van der Waals surface area contributed by atoms with Crippen molar-refractivity contribution >= 4 is 21.8 Å². The third-order valence-corrected chi connectivity index (χ3v) is 1.95. The van der Waals surface area contributed by atoms with Gasteiger partial charge in [-0.2, -0.15) is 0 Å². The van der Waals surface area contributed by atoms with Crippen LogP contribution in [0.25, 0.3) is 0 Å². The van der Waals surface area contributed by atoms with Crippen LogP contribution in [-0.4, -0.2) is 15.7 Å². The zero-order chi connectivity index (χ0) is 9.68. The van der Waals surface area contributed by atoms with E-state index in [1.54, 1.807) is 13.1 Å². The highest BCUT2D eigenvalue weighted by Gasteiger charge is 2.07. The van der Waals surface area contributed by atoms with Crippen molar-refractivity contribution in [1.82, 2.24) is 10.3 Å². The van der Waals surface area contributed by atoms with Gasteiger partial charge < -0.3 is 5.32 Å². The summed E-state index contributed by atoms with van der Waals surface area (Å²) >= 11 is 3.18. The van der Waals surface area contributed by atoms with Gasteiger partial charge in [-0.15, -0.1) is 0 Å². The summed E-state index contributed by atoms with van der Waals surface area (Å²) in [5.41, 5.74) is 0.865. The molecule has 4 heteroatoms. The number of carbonyl (C=O) groups excluding carboxylic acids is 1. The molecule has 1 amide bonds. The molecule has 0 aliphatic carbocycles. The Morgan fingerprint density at radius 1 is 1.69 bits per heavy atom. The highest BCUT2D eigenvalue weighted by atomic mass is 79.9. The molecule has 70 valence electrons. The number of aromatic nitrogens is 1. The van der Waals surface area contributed by atoms with E-state index in [9.17, 15) is 4.79 Å². The Kier molecular flexibility index (Phi) is 3.89. The topological polar surface area (TPSA) is 42.0 Å². The number of rotatable bonds is 3. The molecule has 1 N–H and O–H groups in total. The van der Waals surface area contributed by atoms with Gasteiger partial charge in [0.15, 0.2) is 0 Å². The number of pyridine rings is 1. The van der Waals surface area contributed by atoms with Crippen molar-refractivity contribution in [2.45, 2.75) is 18.3 Å². The highest BCUT2D eigenvalue weighted by Crippen LogP contribution is 1.98. The van der Waals surface area contributed by atoms with Gasteiger partial charge in [-0.1, -0.05) is 22.0 Å². The Balaban J connectivity index is 2.40. The van der Waals surface area contributed by atoms with Crippen LogP contribution >= 0.6 is 15.9 Å².